The highest BCUT2D eigenvalue weighted by atomic mass is 16.5. The third-order valence-electron chi connectivity index (χ3n) is 3.17. The second-order valence-corrected chi connectivity index (χ2v) is 4.57. The fourth-order valence-corrected chi connectivity index (χ4v) is 2.23. The second kappa shape index (κ2) is 7.09. The van der Waals surface area contributed by atoms with Crippen molar-refractivity contribution in [1.29, 1.82) is 0 Å². The van der Waals surface area contributed by atoms with E-state index in [4.69, 9.17) is 4.74 Å². The minimum Gasteiger partial charge on any atom is -0.463 e. The molecule has 1 rings (SSSR count). The van der Waals surface area contributed by atoms with Gasteiger partial charge >= 0.3 is 5.97 Å². The first-order chi connectivity index (χ1) is 8.56. The monoisotopic (exact) mass is 252 g/mol. The van der Waals surface area contributed by atoms with Gasteiger partial charge in [-0.25, -0.2) is 4.79 Å². The summed E-state index contributed by atoms with van der Waals surface area (Å²) in [6, 6.07) is 0. The minimum absolute atomic E-state index is 0.0136. The maximum atomic E-state index is 12.2. The maximum absolute atomic E-state index is 12.2. The summed E-state index contributed by atoms with van der Waals surface area (Å²) in [5, 5.41) is 0. The van der Waals surface area contributed by atoms with E-state index in [2.05, 4.69) is 0 Å². The van der Waals surface area contributed by atoms with Gasteiger partial charge < -0.3 is 4.74 Å². The summed E-state index contributed by atoms with van der Waals surface area (Å²) >= 11 is 0. The van der Waals surface area contributed by atoms with Crippen LogP contribution in [0.5, 0.6) is 0 Å². The Morgan fingerprint density at radius 3 is 2.28 bits per heavy atom. The molecule has 0 amide bonds. The normalized spacial score (nSPS) is 17.3. The molecule has 1 saturated carbocycles. The quantitative estimate of drug-likeness (QED) is 0.326. The number of esters is 1. The van der Waals surface area contributed by atoms with Crippen LogP contribution in [0, 0.1) is 5.92 Å². The van der Waals surface area contributed by atoms with E-state index in [1.54, 1.807) is 6.92 Å². The molecule has 0 aromatic rings. The number of ether oxygens (including phenoxy) is 1. The molecule has 100 valence electrons. The van der Waals surface area contributed by atoms with E-state index in [0.717, 1.165) is 38.2 Å². The van der Waals surface area contributed by atoms with Crippen molar-refractivity contribution >= 4 is 17.5 Å². The fourth-order valence-electron chi connectivity index (χ4n) is 2.23. The Kier molecular flexibility index (Phi) is 5.75. The lowest BCUT2D eigenvalue weighted by Gasteiger charge is -2.20. The van der Waals surface area contributed by atoms with Crippen molar-refractivity contribution in [2.45, 2.75) is 46.0 Å². The topological polar surface area (TPSA) is 60.4 Å². The molecule has 0 atom stereocenters. The lowest BCUT2D eigenvalue weighted by molar-refractivity contribution is -0.138. The number of carbonyl (C=O) groups excluding carboxylic acids is 3. The largest absolute Gasteiger partial charge is 0.463 e. The van der Waals surface area contributed by atoms with Gasteiger partial charge in [-0.15, -0.1) is 0 Å². The van der Waals surface area contributed by atoms with Gasteiger partial charge in [0.2, 0.25) is 0 Å². The van der Waals surface area contributed by atoms with Crippen LogP contribution in [0.3, 0.4) is 0 Å². The van der Waals surface area contributed by atoms with E-state index in [1.165, 1.54) is 6.92 Å². The molecule has 1 aliphatic rings. The Morgan fingerprint density at radius 2 is 1.78 bits per heavy atom. The average molecular weight is 252 g/mol. The summed E-state index contributed by atoms with van der Waals surface area (Å²) in [5.41, 5.74) is -0.0136. The summed E-state index contributed by atoms with van der Waals surface area (Å²) in [7, 11) is 0. The number of Topliss-reactive ketones (excluding diaryl/α,β-unsaturated/α-hetero) is 2. The molecule has 1 aliphatic carbocycles. The number of carbonyl (C=O) groups is 3. The van der Waals surface area contributed by atoms with Crippen molar-refractivity contribution < 1.29 is 19.1 Å². The van der Waals surface area contributed by atoms with Gasteiger partial charge in [-0.2, -0.15) is 0 Å². The van der Waals surface area contributed by atoms with Crippen LogP contribution in [0.1, 0.15) is 46.0 Å². The van der Waals surface area contributed by atoms with Crippen LogP contribution in [0.15, 0.2) is 11.6 Å². The molecule has 0 radical (unpaired) electrons. The molecule has 1 fully saturated rings. The highest BCUT2D eigenvalue weighted by Crippen LogP contribution is 2.26. The highest BCUT2D eigenvalue weighted by molar-refractivity contribution is 6.22. The first kappa shape index (κ1) is 14.6. The smallest absolute Gasteiger partial charge is 0.331 e. The molecule has 4 heteroatoms. The van der Waals surface area contributed by atoms with Crippen molar-refractivity contribution in [3.05, 3.63) is 11.6 Å². The van der Waals surface area contributed by atoms with Crippen LogP contribution in [-0.2, 0) is 19.1 Å². The van der Waals surface area contributed by atoms with Crippen molar-refractivity contribution in [1.82, 2.24) is 0 Å². The molecular formula is C14H20O4. The van der Waals surface area contributed by atoms with Crippen LogP contribution in [0.25, 0.3) is 0 Å². The van der Waals surface area contributed by atoms with E-state index in [0.29, 0.717) is 0 Å². The molecule has 0 aliphatic heterocycles. The summed E-state index contributed by atoms with van der Waals surface area (Å²) in [5.74, 6) is -1.29. The van der Waals surface area contributed by atoms with Crippen molar-refractivity contribution in [3.8, 4) is 0 Å². The van der Waals surface area contributed by atoms with Crippen LogP contribution < -0.4 is 0 Å². The molecule has 0 saturated heterocycles. The molecule has 18 heavy (non-hydrogen) atoms. The van der Waals surface area contributed by atoms with Gasteiger partial charge in [-0.3, -0.25) is 9.59 Å². The van der Waals surface area contributed by atoms with E-state index in [1.807, 2.05) is 0 Å². The second-order valence-electron chi connectivity index (χ2n) is 4.57. The lowest BCUT2D eigenvalue weighted by Crippen LogP contribution is -2.23. The van der Waals surface area contributed by atoms with Gasteiger partial charge in [0.05, 0.1) is 12.2 Å². The Morgan fingerprint density at radius 1 is 1.17 bits per heavy atom. The van der Waals surface area contributed by atoms with Gasteiger partial charge in [0.25, 0.3) is 0 Å². The Balaban J connectivity index is 2.80. The van der Waals surface area contributed by atoms with Crippen molar-refractivity contribution in [2.75, 3.05) is 6.61 Å². The molecular weight excluding hydrogens is 232 g/mol. The van der Waals surface area contributed by atoms with Gasteiger partial charge in [0.15, 0.2) is 11.6 Å². The van der Waals surface area contributed by atoms with Gasteiger partial charge in [0.1, 0.15) is 0 Å². The number of allylic oxidation sites excluding steroid dienone is 1. The fraction of sp³-hybridized carbons (Fsp3) is 0.643. The molecule has 0 aromatic heterocycles. The predicted molar refractivity (Wildman–Crippen MR) is 67.0 cm³/mol. The third kappa shape index (κ3) is 4.09. The zero-order valence-corrected chi connectivity index (χ0v) is 11.0. The van der Waals surface area contributed by atoms with Gasteiger partial charge in [-0.05, 0) is 26.7 Å². The van der Waals surface area contributed by atoms with Crippen LogP contribution >= 0.6 is 0 Å². The molecule has 0 heterocycles. The van der Waals surface area contributed by atoms with E-state index >= 15 is 0 Å². The number of ketones is 2. The first-order valence-corrected chi connectivity index (χ1v) is 6.49. The van der Waals surface area contributed by atoms with Crippen molar-refractivity contribution in [2.24, 2.45) is 5.92 Å². The van der Waals surface area contributed by atoms with E-state index in [9.17, 15) is 14.4 Å². The Bertz CT molecular complexity index is 362. The standard InChI is InChI=1S/C14H20O4/c1-3-18-13(16)9-12(10(2)15)14(17)11-7-5-4-6-8-11/h9,11H,3-8H2,1-2H3/b12-9+. The summed E-state index contributed by atoms with van der Waals surface area (Å²) in [6.07, 6.45) is 5.84. The third-order valence-corrected chi connectivity index (χ3v) is 3.17. The van der Waals surface area contributed by atoms with Crippen LogP contribution in [0.4, 0.5) is 0 Å². The Labute approximate surface area is 107 Å². The van der Waals surface area contributed by atoms with Crippen LogP contribution in [-0.4, -0.2) is 24.1 Å². The SMILES string of the molecule is CCOC(=O)/C=C(\C(C)=O)C(=O)C1CCCCC1. The number of hydrogen-bond donors (Lipinski definition) is 0. The number of hydrogen-bond acceptors (Lipinski definition) is 4. The van der Waals surface area contributed by atoms with E-state index in [-0.39, 0.29) is 29.7 Å². The summed E-state index contributed by atoms with van der Waals surface area (Å²) in [6.45, 7) is 3.23. The Hall–Kier alpha value is -1.45. The van der Waals surface area contributed by atoms with Gasteiger partial charge in [-0.1, -0.05) is 19.3 Å². The molecule has 0 aromatic carbocycles. The zero-order valence-electron chi connectivity index (χ0n) is 11.0. The summed E-state index contributed by atoms with van der Waals surface area (Å²) < 4.78 is 4.74. The van der Waals surface area contributed by atoms with E-state index < -0.39 is 5.97 Å². The first-order valence-electron chi connectivity index (χ1n) is 6.49. The highest BCUT2D eigenvalue weighted by Gasteiger charge is 2.26. The van der Waals surface area contributed by atoms with Crippen LogP contribution in [0.2, 0.25) is 0 Å². The molecule has 0 bridgehead atoms. The lowest BCUT2D eigenvalue weighted by atomic mass is 9.83. The average Bonchev–Trinajstić information content (AvgIpc) is 2.36. The molecule has 4 nitrogen and oxygen atoms in total. The van der Waals surface area contributed by atoms with Crippen molar-refractivity contribution in [3.63, 3.8) is 0 Å². The molecule has 0 unspecified atom stereocenters. The number of rotatable bonds is 5. The molecule has 0 N–H and O–H groups in total. The summed E-state index contributed by atoms with van der Waals surface area (Å²) in [4.78, 5) is 35.0. The predicted octanol–water partition coefficient (Wildman–Crippen LogP) is 2.21. The van der Waals surface area contributed by atoms with Gasteiger partial charge in [0, 0.05) is 12.0 Å². The minimum atomic E-state index is -0.619. The molecule has 0 spiro atoms. The zero-order chi connectivity index (χ0) is 13.5. The maximum Gasteiger partial charge on any atom is 0.331 e.